The summed E-state index contributed by atoms with van der Waals surface area (Å²) >= 11 is 0. The third kappa shape index (κ3) is 3.93. The molecule has 2 aliphatic rings. The molecule has 0 saturated carbocycles. The molecule has 3 unspecified atom stereocenters. The summed E-state index contributed by atoms with van der Waals surface area (Å²) in [5, 5.41) is 6.39. The molecule has 104 valence electrons. The Kier molecular flexibility index (Phi) is 5.41. The zero-order valence-corrected chi connectivity index (χ0v) is 11.3. The third-order valence-electron chi connectivity index (χ3n) is 4.02. The quantitative estimate of drug-likeness (QED) is 0.620. The first kappa shape index (κ1) is 13.8. The molecule has 0 spiro atoms. The van der Waals surface area contributed by atoms with Gasteiger partial charge in [-0.15, -0.1) is 0 Å². The molecule has 18 heavy (non-hydrogen) atoms. The van der Waals surface area contributed by atoms with Crippen LogP contribution in [0.25, 0.3) is 0 Å². The Balaban J connectivity index is 1.56. The van der Waals surface area contributed by atoms with Crippen molar-refractivity contribution in [3.63, 3.8) is 0 Å². The first-order valence-electron chi connectivity index (χ1n) is 7.01. The molecule has 0 aliphatic carbocycles. The number of nitrogens with zero attached hydrogens (tertiary/aromatic N) is 1. The maximum Gasteiger partial charge on any atom is 0.221 e. The zero-order valence-electron chi connectivity index (χ0n) is 11.3. The number of nitrogens with one attached hydrogen (secondary N) is 2. The van der Waals surface area contributed by atoms with Gasteiger partial charge in [0.15, 0.2) is 0 Å². The van der Waals surface area contributed by atoms with E-state index in [1.807, 2.05) is 0 Å². The number of hydrogen-bond acceptors (Lipinski definition) is 4. The summed E-state index contributed by atoms with van der Waals surface area (Å²) in [5.74, 6) is 0.915. The Morgan fingerprint density at radius 3 is 3.00 bits per heavy atom. The van der Waals surface area contributed by atoms with Gasteiger partial charge in [0.1, 0.15) is 0 Å². The topological polar surface area (TPSA) is 53.6 Å². The highest BCUT2D eigenvalue weighted by Crippen LogP contribution is 2.26. The highest BCUT2D eigenvalue weighted by atomic mass is 16.5. The molecule has 0 aromatic carbocycles. The van der Waals surface area contributed by atoms with Crippen LogP contribution in [0.5, 0.6) is 0 Å². The average Bonchev–Trinajstić information content (AvgIpc) is 2.75. The van der Waals surface area contributed by atoms with Crippen LogP contribution in [0.15, 0.2) is 0 Å². The first-order valence-corrected chi connectivity index (χ1v) is 7.01. The fourth-order valence-electron chi connectivity index (χ4n) is 2.97. The molecule has 2 rings (SSSR count). The van der Waals surface area contributed by atoms with Crippen LogP contribution < -0.4 is 10.6 Å². The zero-order chi connectivity index (χ0) is 12.8. The number of methoxy groups -OCH3 is 1. The minimum atomic E-state index is 0.114. The lowest BCUT2D eigenvalue weighted by Crippen LogP contribution is -2.44. The highest BCUT2D eigenvalue weighted by molar-refractivity contribution is 5.76. The van der Waals surface area contributed by atoms with Crippen LogP contribution in [0.4, 0.5) is 0 Å². The van der Waals surface area contributed by atoms with Crippen LogP contribution in [0.2, 0.25) is 0 Å². The van der Waals surface area contributed by atoms with Crippen LogP contribution in [-0.2, 0) is 9.53 Å². The average molecular weight is 255 g/mol. The van der Waals surface area contributed by atoms with Crippen molar-refractivity contribution < 1.29 is 9.53 Å². The summed E-state index contributed by atoms with van der Waals surface area (Å²) < 4.78 is 4.89. The molecule has 5 heteroatoms. The highest BCUT2D eigenvalue weighted by Gasteiger charge is 2.33. The van der Waals surface area contributed by atoms with Crippen molar-refractivity contribution in [2.45, 2.75) is 25.3 Å². The summed E-state index contributed by atoms with van der Waals surface area (Å²) in [6.07, 6.45) is 3.12. The Labute approximate surface area is 109 Å². The number of piperidine rings is 1. The largest absolute Gasteiger partial charge is 0.383 e. The van der Waals surface area contributed by atoms with Crippen molar-refractivity contribution in [1.29, 1.82) is 0 Å². The Hall–Kier alpha value is -0.650. The van der Waals surface area contributed by atoms with Crippen LogP contribution in [0.1, 0.15) is 19.3 Å². The Morgan fingerprint density at radius 2 is 2.17 bits per heavy atom. The number of rotatable bonds is 7. The molecule has 2 heterocycles. The van der Waals surface area contributed by atoms with Gasteiger partial charge in [0, 0.05) is 39.2 Å². The van der Waals surface area contributed by atoms with Gasteiger partial charge in [0.25, 0.3) is 0 Å². The number of ether oxygens (including phenoxy) is 1. The predicted molar refractivity (Wildman–Crippen MR) is 70.5 cm³/mol. The molecule has 3 atom stereocenters. The monoisotopic (exact) mass is 255 g/mol. The summed E-state index contributed by atoms with van der Waals surface area (Å²) in [4.78, 5) is 14.0. The van der Waals surface area contributed by atoms with Crippen LogP contribution >= 0.6 is 0 Å². The van der Waals surface area contributed by atoms with Crippen molar-refractivity contribution >= 4 is 5.91 Å². The van der Waals surface area contributed by atoms with Gasteiger partial charge in [-0.2, -0.15) is 0 Å². The number of hydrogen-bond donors (Lipinski definition) is 2. The van der Waals surface area contributed by atoms with Gasteiger partial charge in [0.2, 0.25) is 5.91 Å². The normalized spacial score (nSPS) is 30.4. The van der Waals surface area contributed by atoms with Crippen molar-refractivity contribution in [2.75, 3.05) is 46.4 Å². The van der Waals surface area contributed by atoms with E-state index in [1.165, 1.54) is 32.5 Å². The first-order chi connectivity index (χ1) is 8.79. The fourth-order valence-corrected chi connectivity index (χ4v) is 2.97. The molecule has 5 nitrogen and oxygen atoms in total. The van der Waals surface area contributed by atoms with E-state index < -0.39 is 0 Å². The van der Waals surface area contributed by atoms with E-state index in [0.29, 0.717) is 25.6 Å². The second-order valence-corrected chi connectivity index (χ2v) is 5.29. The molecular formula is C13H25N3O2. The van der Waals surface area contributed by atoms with Crippen molar-refractivity contribution in [1.82, 2.24) is 15.5 Å². The van der Waals surface area contributed by atoms with E-state index in [4.69, 9.17) is 4.74 Å². The lowest BCUT2D eigenvalue weighted by atomic mass is 9.94. The van der Waals surface area contributed by atoms with Crippen molar-refractivity contribution in [3.8, 4) is 0 Å². The van der Waals surface area contributed by atoms with Crippen LogP contribution in [0, 0.1) is 5.92 Å². The summed E-state index contributed by atoms with van der Waals surface area (Å²) in [5.41, 5.74) is 0. The van der Waals surface area contributed by atoms with Gasteiger partial charge in [0.05, 0.1) is 6.61 Å². The second kappa shape index (κ2) is 7.07. The summed E-state index contributed by atoms with van der Waals surface area (Å²) in [6, 6.07) is 0.621. The van der Waals surface area contributed by atoms with Crippen molar-refractivity contribution in [3.05, 3.63) is 0 Å². The lowest BCUT2D eigenvalue weighted by molar-refractivity contribution is -0.121. The Bertz CT molecular complexity index is 273. The van der Waals surface area contributed by atoms with E-state index in [0.717, 1.165) is 12.5 Å². The molecule has 2 N–H and O–H groups in total. The minimum absolute atomic E-state index is 0.114. The van der Waals surface area contributed by atoms with E-state index in [2.05, 4.69) is 15.5 Å². The molecule has 2 bridgehead atoms. The number of carbonyl (C=O) groups excluding carboxylic acids is 1. The smallest absolute Gasteiger partial charge is 0.221 e. The Morgan fingerprint density at radius 1 is 1.33 bits per heavy atom. The minimum Gasteiger partial charge on any atom is -0.383 e. The number of carbonyl (C=O) groups is 1. The van der Waals surface area contributed by atoms with E-state index in [1.54, 1.807) is 7.11 Å². The molecule has 2 fully saturated rings. The summed E-state index contributed by atoms with van der Waals surface area (Å²) in [6.45, 7) is 5.71. The SMILES string of the molecule is COCCNC(=O)CCNC1CCN2CCC1C2. The van der Waals surface area contributed by atoms with Gasteiger partial charge in [-0.05, 0) is 31.8 Å². The third-order valence-corrected chi connectivity index (χ3v) is 4.02. The van der Waals surface area contributed by atoms with E-state index >= 15 is 0 Å². The summed E-state index contributed by atoms with van der Waals surface area (Å²) in [7, 11) is 1.64. The maximum absolute atomic E-state index is 11.5. The number of fused-ring (bicyclic) bond motifs is 2. The van der Waals surface area contributed by atoms with Crippen LogP contribution in [0.3, 0.4) is 0 Å². The van der Waals surface area contributed by atoms with Gasteiger partial charge in [-0.3, -0.25) is 4.79 Å². The lowest BCUT2D eigenvalue weighted by Gasteiger charge is -2.31. The van der Waals surface area contributed by atoms with E-state index in [-0.39, 0.29) is 5.91 Å². The molecule has 2 aliphatic heterocycles. The van der Waals surface area contributed by atoms with Gasteiger partial charge < -0.3 is 20.3 Å². The van der Waals surface area contributed by atoms with Crippen LogP contribution in [-0.4, -0.2) is 63.3 Å². The molecule has 0 aromatic heterocycles. The molecule has 0 radical (unpaired) electrons. The molecule has 1 amide bonds. The van der Waals surface area contributed by atoms with Gasteiger partial charge >= 0.3 is 0 Å². The van der Waals surface area contributed by atoms with E-state index in [9.17, 15) is 4.79 Å². The number of amides is 1. The standard InChI is InChI=1S/C13H25N3O2/c1-18-9-6-15-13(17)2-5-14-12-4-8-16-7-3-11(12)10-16/h11-12,14H,2-10H2,1H3,(H,15,17). The maximum atomic E-state index is 11.5. The molecular weight excluding hydrogens is 230 g/mol. The second-order valence-electron chi connectivity index (χ2n) is 5.29. The predicted octanol–water partition coefficient (Wildman–Crippen LogP) is -0.177. The van der Waals surface area contributed by atoms with Gasteiger partial charge in [-0.25, -0.2) is 0 Å². The van der Waals surface area contributed by atoms with Gasteiger partial charge in [-0.1, -0.05) is 0 Å². The van der Waals surface area contributed by atoms with Crippen molar-refractivity contribution in [2.24, 2.45) is 5.92 Å². The molecule has 2 saturated heterocycles. The fraction of sp³-hybridized carbons (Fsp3) is 0.923. The molecule has 0 aromatic rings.